The molecular weight excluding hydrogens is 196 g/mol. The Morgan fingerprint density at radius 3 is 2.06 bits per heavy atom. The molecule has 2 rings (SSSR count). The van der Waals surface area contributed by atoms with Gasteiger partial charge in [-0.15, -0.1) is 0 Å². The molecule has 84 valence electrons. The number of nitrogens with zero attached hydrogens (tertiary/aromatic N) is 2. The van der Waals surface area contributed by atoms with Gasteiger partial charge >= 0.3 is 0 Å². The number of rotatable bonds is 1. The molecule has 0 aliphatic rings. The highest BCUT2D eigenvalue weighted by atomic mass is 14.9. The fourth-order valence-corrected chi connectivity index (χ4v) is 1.47. The lowest BCUT2D eigenvalue weighted by molar-refractivity contribution is 1.02. The molecule has 2 heteroatoms. The Labute approximate surface area is 97.4 Å². The SMILES string of the molecule is CC.Cc1cc(-c2ccccc2)nc(C)n1. The van der Waals surface area contributed by atoms with Gasteiger partial charge in [-0.1, -0.05) is 44.2 Å². The molecule has 1 aromatic carbocycles. The second kappa shape index (κ2) is 6.01. The van der Waals surface area contributed by atoms with Gasteiger partial charge in [-0.3, -0.25) is 0 Å². The quantitative estimate of drug-likeness (QED) is 0.721. The van der Waals surface area contributed by atoms with Crippen molar-refractivity contribution in [2.24, 2.45) is 0 Å². The summed E-state index contributed by atoms with van der Waals surface area (Å²) >= 11 is 0. The van der Waals surface area contributed by atoms with E-state index in [9.17, 15) is 0 Å². The van der Waals surface area contributed by atoms with Crippen LogP contribution in [0.15, 0.2) is 36.4 Å². The Kier molecular flexibility index (Phi) is 4.65. The highest BCUT2D eigenvalue weighted by molar-refractivity contribution is 5.58. The van der Waals surface area contributed by atoms with E-state index in [-0.39, 0.29) is 0 Å². The molecule has 0 fully saturated rings. The molecule has 0 spiro atoms. The van der Waals surface area contributed by atoms with Crippen LogP contribution in [0.5, 0.6) is 0 Å². The lowest BCUT2D eigenvalue weighted by Crippen LogP contribution is -1.93. The number of hydrogen-bond donors (Lipinski definition) is 0. The van der Waals surface area contributed by atoms with E-state index < -0.39 is 0 Å². The van der Waals surface area contributed by atoms with Gasteiger partial charge in [0.1, 0.15) is 5.82 Å². The zero-order valence-corrected chi connectivity index (χ0v) is 10.4. The third-order valence-electron chi connectivity index (χ3n) is 2.04. The van der Waals surface area contributed by atoms with Crippen LogP contribution in [0.3, 0.4) is 0 Å². The molecular formula is C14H18N2. The minimum atomic E-state index is 0.823. The summed E-state index contributed by atoms with van der Waals surface area (Å²) in [5.41, 5.74) is 3.15. The van der Waals surface area contributed by atoms with E-state index in [1.54, 1.807) is 0 Å². The lowest BCUT2D eigenvalue weighted by Gasteiger charge is -2.02. The van der Waals surface area contributed by atoms with Crippen molar-refractivity contribution >= 4 is 0 Å². The topological polar surface area (TPSA) is 25.8 Å². The molecule has 0 saturated heterocycles. The molecule has 0 radical (unpaired) electrons. The van der Waals surface area contributed by atoms with Crippen molar-refractivity contribution in [2.45, 2.75) is 27.7 Å². The highest BCUT2D eigenvalue weighted by Gasteiger charge is 2.00. The van der Waals surface area contributed by atoms with Gasteiger partial charge in [0.15, 0.2) is 0 Å². The summed E-state index contributed by atoms with van der Waals surface area (Å²) in [7, 11) is 0. The third-order valence-corrected chi connectivity index (χ3v) is 2.04. The first-order chi connectivity index (χ1) is 7.75. The zero-order chi connectivity index (χ0) is 12.0. The Balaban J connectivity index is 0.000000606. The van der Waals surface area contributed by atoms with Gasteiger partial charge in [0.05, 0.1) is 5.69 Å². The van der Waals surface area contributed by atoms with Crippen LogP contribution in [0, 0.1) is 13.8 Å². The second-order valence-corrected chi connectivity index (χ2v) is 3.31. The first kappa shape index (κ1) is 12.4. The van der Waals surface area contributed by atoms with Gasteiger partial charge in [-0.25, -0.2) is 9.97 Å². The summed E-state index contributed by atoms with van der Waals surface area (Å²) in [5.74, 6) is 0.823. The molecule has 2 aromatic rings. The van der Waals surface area contributed by atoms with Gasteiger partial charge in [-0.05, 0) is 19.9 Å². The van der Waals surface area contributed by atoms with Gasteiger partial charge in [0.25, 0.3) is 0 Å². The molecule has 1 heterocycles. The van der Waals surface area contributed by atoms with E-state index >= 15 is 0 Å². The van der Waals surface area contributed by atoms with Crippen LogP contribution in [-0.2, 0) is 0 Å². The first-order valence-electron chi connectivity index (χ1n) is 5.63. The monoisotopic (exact) mass is 214 g/mol. The number of benzene rings is 1. The minimum absolute atomic E-state index is 0.823. The Bertz CT molecular complexity index is 415. The van der Waals surface area contributed by atoms with Crippen LogP contribution in [-0.4, -0.2) is 9.97 Å². The van der Waals surface area contributed by atoms with E-state index in [0.717, 1.165) is 22.8 Å². The van der Waals surface area contributed by atoms with Crippen LogP contribution >= 0.6 is 0 Å². The largest absolute Gasteiger partial charge is 0.239 e. The number of hydrogen-bond acceptors (Lipinski definition) is 2. The summed E-state index contributed by atoms with van der Waals surface area (Å²) in [6.45, 7) is 7.90. The van der Waals surface area contributed by atoms with Crippen LogP contribution < -0.4 is 0 Å². The van der Waals surface area contributed by atoms with E-state index in [2.05, 4.69) is 22.1 Å². The Morgan fingerprint density at radius 2 is 1.50 bits per heavy atom. The smallest absolute Gasteiger partial charge is 0.126 e. The molecule has 2 nitrogen and oxygen atoms in total. The Hall–Kier alpha value is -1.70. The fourth-order valence-electron chi connectivity index (χ4n) is 1.47. The molecule has 0 amide bonds. The number of aryl methyl sites for hydroxylation is 2. The van der Waals surface area contributed by atoms with Crippen LogP contribution in [0.1, 0.15) is 25.4 Å². The van der Waals surface area contributed by atoms with E-state index in [1.165, 1.54) is 0 Å². The van der Waals surface area contributed by atoms with Crippen molar-refractivity contribution in [3.05, 3.63) is 47.9 Å². The summed E-state index contributed by atoms with van der Waals surface area (Å²) in [6, 6.07) is 12.2. The van der Waals surface area contributed by atoms with Crippen LogP contribution in [0.4, 0.5) is 0 Å². The van der Waals surface area contributed by atoms with Gasteiger partial charge in [0, 0.05) is 11.3 Å². The lowest BCUT2D eigenvalue weighted by atomic mass is 10.1. The van der Waals surface area contributed by atoms with Crippen molar-refractivity contribution < 1.29 is 0 Å². The van der Waals surface area contributed by atoms with Crippen molar-refractivity contribution in [2.75, 3.05) is 0 Å². The molecule has 0 aliphatic carbocycles. The third kappa shape index (κ3) is 3.16. The van der Waals surface area contributed by atoms with Gasteiger partial charge in [-0.2, -0.15) is 0 Å². The van der Waals surface area contributed by atoms with Crippen molar-refractivity contribution in [1.82, 2.24) is 9.97 Å². The summed E-state index contributed by atoms with van der Waals surface area (Å²) in [5, 5.41) is 0. The molecule has 0 atom stereocenters. The summed E-state index contributed by atoms with van der Waals surface area (Å²) in [6.07, 6.45) is 0. The molecule has 0 aliphatic heterocycles. The maximum atomic E-state index is 4.39. The molecule has 0 saturated carbocycles. The first-order valence-corrected chi connectivity index (χ1v) is 5.63. The molecule has 0 N–H and O–H groups in total. The van der Waals surface area contributed by atoms with Crippen LogP contribution in [0.2, 0.25) is 0 Å². The normalized spacial score (nSPS) is 9.25. The molecule has 0 bridgehead atoms. The van der Waals surface area contributed by atoms with Crippen LogP contribution in [0.25, 0.3) is 11.3 Å². The minimum Gasteiger partial charge on any atom is -0.239 e. The second-order valence-electron chi connectivity index (χ2n) is 3.31. The molecule has 1 aromatic heterocycles. The van der Waals surface area contributed by atoms with Crippen molar-refractivity contribution in [3.63, 3.8) is 0 Å². The van der Waals surface area contributed by atoms with Gasteiger partial charge in [0.2, 0.25) is 0 Å². The zero-order valence-electron chi connectivity index (χ0n) is 10.4. The molecule has 0 unspecified atom stereocenters. The van der Waals surface area contributed by atoms with Crippen molar-refractivity contribution in [3.8, 4) is 11.3 Å². The van der Waals surface area contributed by atoms with E-state index in [1.807, 2.05) is 52.0 Å². The summed E-state index contributed by atoms with van der Waals surface area (Å²) < 4.78 is 0. The Morgan fingerprint density at radius 1 is 0.875 bits per heavy atom. The van der Waals surface area contributed by atoms with E-state index in [4.69, 9.17) is 0 Å². The number of aromatic nitrogens is 2. The van der Waals surface area contributed by atoms with Crippen molar-refractivity contribution in [1.29, 1.82) is 0 Å². The van der Waals surface area contributed by atoms with Gasteiger partial charge < -0.3 is 0 Å². The fraction of sp³-hybridized carbons (Fsp3) is 0.286. The maximum Gasteiger partial charge on any atom is 0.126 e. The summed E-state index contributed by atoms with van der Waals surface area (Å²) in [4.78, 5) is 8.64. The van der Waals surface area contributed by atoms with E-state index in [0.29, 0.717) is 0 Å². The highest BCUT2D eigenvalue weighted by Crippen LogP contribution is 2.16. The average molecular weight is 214 g/mol. The predicted molar refractivity (Wildman–Crippen MR) is 68.3 cm³/mol. The molecule has 16 heavy (non-hydrogen) atoms. The maximum absolute atomic E-state index is 4.39. The predicted octanol–water partition coefficient (Wildman–Crippen LogP) is 3.79. The standard InChI is InChI=1S/C12H12N2.C2H6/c1-9-8-12(14-10(2)13-9)11-6-4-3-5-7-11;1-2/h3-8H,1-2H3;1-2H3. The average Bonchev–Trinajstić information content (AvgIpc) is 2.32.